The van der Waals surface area contributed by atoms with E-state index < -0.39 is 0 Å². The largest absolute Gasteiger partial charge is 0.338 e. The monoisotopic (exact) mass is 399 g/mol. The van der Waals surface area contributed by atoms with E-state index in [1.54, 1.807) is 41.6 Å². The Labute approximate surface area is 173 Å². The molecular formula is C22H21N7O. The van der Waals surface area contributed by atoms with Crippen LogP contribution in [0.15, 0.2) is 55.4 Å². The molecule has 5 heterocycles. The van der Waals surface area contributed by atoms with Crippen LogP contribution in [0.1, 0.15) is 40.6 Å². The van der Waals surface area contributed by atoms with Gasteiger partial charge in [0.1, 0.15) is 11.4 Å². The summed E-state index contributed by atoms with van der Waals surface area (Å²) in [7, 11) is 0. The Morgan fingerprint density at radius 3 is 2.87 bits per heavy atom. The van der Waals surface area contributed by atoms with Gasteiger partial charge in [0.05, 0.1) is 11.9 Å². The van der Waals surface area contributed by atoms with Gasteiger partial charge in [0.15, 0.2) is 5.65 Å². The number of carbonyl (C=O) groups excluding carboxylic acids is 1. The molecule has 0 bridgehead atoms. The van der Waals surface area contributed by atoms with Gasteiger partial charge in [0, 0.05) is 55.6 Å². The number of carbonyl (C=O) groups is 1. The summed E-state index contributed by atoms with van der Waals surface area (Å²) in [6.45, 7) is 3.22. The van der Waals surface area contributed by atoms with E-state index in [1.165, 1.54) is 0 Å². The molecule has 4 aromatic heterocycles. The van der Waals surface area contributed by atoms with Crippen LogP contribution in [0.5, 0.6) is 0 Å². The molecule has 8 nitrogen and oxygen atoms in total. The van der Waals surface area contributed by atoms with Crippen molar-refractivity contribution in [2.45, 2.75) is 25.7 Å². The Kier molecular flexibility index (Phi) is 4.66. The molecule has 0 N–H and O–H groups in total. The van der Waals surface area contributed by atoms with E-state index in [0.29, 0.717) is 24.3 Å². The van der Waals surface area contributed by atoms with Gasteiger partial charge >= 0.3 is 0 Å². The zero-order chi connectivity index (χ0) is 20.5. The quantitative estimate of drug-likeness (QED) is 0.526. The zero-order valence-corrected chi connectivity index (χ0v) is 16.6. The number of pyridine rings is 1. The van der Waals surface area contributed by atoms with Gasteiger partial charge in [-0.3, -0.25) is 9.78 Å². The molecule has 0 spiro atoms. The minimum Gasteiger partial charge on any atom is -0.338 e. The first-order chi connectivity index (χ1) is 14.7. The van der Waals surface area contributed by atoms with Crippen LogP contribution in [0.25, 0.3) is 16.8 Å². The number of likely N-dealkylation sites (tertiary alicyclic amines) is 1. The topological polar surface area (TPSA) is 89.2 Å². The number of nitrogens with zero attached hydrogens (tertiary/aromatic N) is 7. The normalized spacial score (nSPS) is 16.7. The Morgan fingerprint density at radius 1 is 1.13 bits per heavy atom. The number of aryl methyl sites for hydroxylation is 1. The van der Waals surface area contributed by atoms with E-state index in [9.17, 15) is 4.79 Å². The fourth-order valence-corrected chi connectivity index (χ4v) is 4.09. The van der Waals surface area contributed by atoms with Crippen molar-refractivity contribution in [1.29, 1.82) is 0 Å². The van der Waals surface area contributed by atoms with Crippen molar-refractivity contribution in [2.75, 3.05) is 13.1 Å². The fourth-order valence-electron chi connectivity index (χ4n) is 4.09. The van der Waals surface area contributed by atoms with Gasteiger partial charge in [-0.05, 0) is 43.5 Å². The molecule has 8 heteroatoms. The maximum atomic E-state index is 13.3. The number of aromatic nitrogens is 6. The third-order valence-corrected chi connectivity index (χ3v) is 5.54. The first kappa shape index (κ1) is 18.4. The van der Waals surface area contributed by atoms with Gasteiger partial charge < -0.3 is 4.90 Å². The Bertz CT molecular complexity index is 1200. The highest BCUT2D eigenvalue weighted by molar-refractivity contribution is 5.99. The molecule has 5 rings (SSSR count). The van der Waals surface area contributed by atoms with Crippen LogP contribution in [-0.4, -0.2) is 53.4 Å². The van der Waals surface area contributed by atoms with Gasteiger partial charge in [-0.2, -0.15) is 5.10 Å². The second-order valence-electron chi connectivity index (χ2n) is 7.49. The molecule has 1 aliphatic rings. The highest BCUT2D eigenvalue weighted by Crippen LogP contribution is 2.33. The average Bonchev–Trinajstić information content (AvgIpc) is 3.23. The Morgan fingerprint density at radius 2 is 2.00 bits per heavy atom. The highest BCUT2D eigenvalue weighted by atomic mass is 16.2. The van der Waals surface area contributed by atoms with E-state index in [-0.39, 0.29) is 11.8 Å². The molecule has 1 saturated heterocycles. The molecule has 30 heavy (non-hydrogen) atoms. The highest BCUT2D eigenvalue weighted by Gasteiger charge is 2.30. The van der Waals surface area contributed by atoms with Gasteiger partial charge in [-0.15, -0.1) is 0 Å². The van der Waals surface area contributed by atoms with E-state index >= 15 is 0 Å². The first-order valence-electron chi connectivity index (χ1n) is 10.0. The summed E-state index contributed by atoms with van der Waals surface area (Å²) in [5.74, 6) is 0.838. The molecule has 4 aromatic rings. The van der Waals surface area contributed by atoms with Gasteiger partial charge in [0.25, 0.3) is 5.91 Å². The van der Waals surface area contributed by atoms with Gasteiger partial charge in [0.2, 0.25) is 0 Å². The summed E-state index contributed by atoms with van der Waals surface area (Å²) in [4.78, 5) is 32.8. The van der Waals surface area contributed by atoms with Crippen LogP contribution in [0.4, 0.5) is 0 Å². The molecule has 0 unspecified atom stereocenters. The standard InChI is InChI=1S/C22H21N7O/c1-15-25-12-18(16-5-8-23-9-6-16)20(27-15)17-4-2-10-28(14-17)22(30)19-13-26-29-11-3-7-24-21(19)29/h3,5-9,11-13,17H,2,4,10,14H2,1H3/t17-/m0/s1. The van der Waals surface area contributed by atoms with Crippen molar-refractivity contribution < 1.29 is 4.79 Å². The van der Waals surface area contributed by atoms with Crippen molar-refractivity contribution in [3.63, 3.8) is 0 Å². The van der Waals surface area contributed by atoms with E-state index in [0.717, 1.165) is 35.5 Å². The number of hydrogen-bond donors (Lipinski definition) is 0. The molecule has 0 radical (unpaired) electrons. The van der Waals surface area contributed by atoms with Crippen LogP contribution < -0.4 is 0 Å². The average molecular weight is 399 g/mol. The molecule has 0 aromatic carbocycles. The minimum atomic E-state index is -0.0374. The predicted molar refractivity (Wildman–Crippen MR) is 111 cm³/mol. The number of fused-ring (bicyclic) bond motifs is 1. The molecule has 0 saturated carbocycles. The Balaban J connectivity index is 1.46. The molecular weight excluding hydrogens is 378 g/mol. The third-order valence-electron chi connectivity index (χ3n) is 5.54. The maximum Gasteiger partial charge on any atom is 0.259 e. The third kappa shape index (κ3) is 3.30. The Hall–Kier alpha value is -3.68. The second-order valence-corrected chi connectivity index (χ2v) is 7.49. The lowest BCUT2D eigenvalue weighted by Gasteiger charge is -2.33. The predicted octanol–water partition coefficient (Wildman–Crippen LogP) is 2.91. The molecule has 1 amide bonds. The van der Waals surface area contributed by atoms with Crippen molar-refractivity contribution in [3.05, 3.63) is 72.5 Å². The number of amides is 1. The van der Waals surface area contributed by atoms with E-state index in [2.05, 4.69) is 20.1 Å². The van der Waals surface area contributed by atoms with Crippen LogP contribution in [0.2, 0.25) is 0 Å². The lowest BCUT2D eigenvalue weighted by atomic mass is 9.90. The minimum absolute atomic E-state index is 0.0374. The SMILES string of the molecule is Cc1ncc(-c2ccncc2)c([C@H]2CCCN(C(=O)c3cnn4cccnc34)C2)n1. The molecule has 1 atom stereocenters. The number of piperidine rings is 1. The molecule has 1 fully saturated rings. The summed E-state index contributed by atoms with van der Waals surface area (Å²) in [6, 6.07) is 5.73. The van der Waals surface area contributed by atoms with Crippen LogP contribution in [-0.2, 0) is 0 Å². The molecule has 0 aliphatic carbocycles. The lowest BCUT2D eigenvalue weighted by Crippen LogP contribution is -2.39. The zero-order valence-electron chi connectivity index (χ0n) is 16.6. The fraction of sp³-hybridized carbons (Fsp3) is 0.273. The van der Waals surface area contributed by atoms with Crippen molar-refractivity contribution >= 4 is 11.6 Å². The van der Waals surface area contributed by atoms with E-state index in [4.69, 9.17) is 4.98 Å². The van der Waals surface area contributed by atoms with Crippen molar-refractivity contribution in [3.8, 4) is 11.1 Å². The summed E-state index contributed by atoms with van der Waals surface area (Å²) in [5.41, 5.74) is 4.14. The lowest BCUT2D eigenvalue weighted by molar-refractivity contribution is 0.0707. The van der Waals surface area contributed by atoms with Crippen molar-refractivity contribution in [1.82, 2.24) is 34.4 Å². The molecule has 1 aliphatic heterocycles. The maximum absolute atomic E-state index is 13.3. The van der Waals surface area contributed by atoms with Crippen molar-refractivity contribution in [2.24, 2.45) is 0 Å². The summed E-state index contributed by atoms with van der Waals surface area (Å²) < 4.78 is 1.63. The molecule has 150 valence electrons. The first-order valence-corrected chi connectivity index (χ1v) is 10.0. The van der Waals surface area contributed by atoms with Gasteiger partial charge in [-0.1, -0.05) is 0 Å². The van der Waals surface area contributed by atoms with Crippen LogP contribution >= 0.6 is 0 Å². The van der Waals surface area contributed by atoms with Crippen LogP contribution in [0, 0.1) is 6.92 Å². The summed E-state index contributed by atoms with van der Waals surface area (Å²) in [5, 5.41) is 4.26. The number of rotatable bonds is 3. The smallest absolute Gasteiger partial charge is 0.259 e. The number of hydrogen-bond acceptors (Lipinski definition) is 6. The summed E-state index contributed by atoms with van der Waals surface area (Å²) in [6.07, 6.45) is 12.4. The second kappa shape index (κ2) is 7.62. The summed E-state index contributed by atoms with van der Waals surface area (Å²) >= 11 is 0. The van der Waals surface area contributed by atoms with Gasteiger partial charge in [-0.25, -0.2) is 19.5 Å². The van der Waals surface area contributed by atoms with Crippen LogP contribution in [0.3, 0.4) is 0 Å². The van der Waals surface area contributed by atoms with E-state index in [1.807, 2.05) is 30.2 Å².